The number of allylic oxidation sites excluding steroid dienone is 1. The van der Waals surface area contributed by atoms with E-state index in [2.05, 4.69) is 6.07 Å². The Balaban J connectivity index is 2.04. The minimum Gasteiger partial charge on any atom is -0.478 e. The minimum atomic E-state index is -1.01. The van der Waals surface area contributed by atoms with Crippen LogP contribution in [0.15, 0.2) is 54.6 Å². The molecule has 0 bridgehead atoms. The van der Waals surface area contributed by atoms with Crippen molar-refractivity contribution < 1.29 is 14.3 Å². The van der Waals surface area contributed by atoms with E-state index in [-0.39, 0.29) is 11.4 Å². The minimum absolute atomic E-state index is 0.167. The van der Waals surface area contributed by atoms with Crippen molar-refractivity contribution in [3.05, 3.63) is 88.5 Å². The van der Waals surface area contributed by atoms with E-state index in [1.54, 1.807) is 24.3 Å². The van der Waals surface area contributed by atoms with Gasteiger partial charge in [-0.3, -0.25) is 0 Å². The van der Waals surface area contributed by atoms with Gasteiger partial charge in [-0.15, -0.1) is 0 Å². The lowest BCUT2D eigenvalue weighted by Crippen LogP contribution is -1.99. The standard InChI is InChI=1S/C22H17FN2O2/c1-14-10-18(15(2)25(14)21-5-3-4-20(23)12-21)11-19(13-24)16-6-8-17(9-7-16)22(26)27/h3-12H,1-2H3,(H,26,27)/b19-11-. The smallest absolute Gasteiger partial charge is 0.335 e. The second kappa shape index (κ2) is 7.30. The second-order valence-electron chi connectivity index (χ2n) is 6.19. The quantitative estimate of drug-likeness (QED) is 0.666. The van der Waals surface area contributed by atoms with Crippen LogP contribution in [0.5, 0.6) is 0 Å². The zero-order valence-electron chi connectivity index (χ0n) is 14.9. The first-order valence-corrected chi connectivity index (χ1v) is 8.31. The number of hydrogen-bond acceptors (Lipinski definition) is 2. The third kappa shape index (κ3) is 3.65. The number of benzene rings is 2. The number of carbonyl (C=O) groups is 1. The molecule has 3 aromatic rings. The molecule has 0 atom stereocenters. The molecule has 0 saturated carbocycles. The van der Waals surface area contributed by atoms with Crippen LogP contribution in [0, 0.1) is 31.0 Å². The lowest BCUT2D eigenvalue weighted by Gasteiger charge is -2.09. The summed E-state index contributed by atoms with van der Waals surface area (Å²) in [6.07, 6.45) is 1.76. The van der Waals surface area contributed by atoms with E-state index < -0.39 is 5.97 Å². The molecule has 0 saturated heterocycles. The van der Waals surface area contributed by atoms with Gasteiger partial charge in [-0.1, -0.05) is 18.2 Å². The molecule has 1 N–H and O–H groups in total. The van der Waals surface area contributed by atoms with Crippen molar-refractivity contribution >= 4 is 17.6 Å². The third-order valence-electron chi connectivity index (χ3n) is 4.40. The van der Waals surface area contributed by atoms with Crippen LogP contribution in [0.1, 0.15) is 32.9 Å². The zero-order chi connectivity index (χ0) is 19.6. The van der Waals surface area contributed by atoms with Crippen LogP contribution in [0.3, 0.4) is 0 Å². The molecule has 4 nitrogen and oxygen atoms in total. The summed E-state index contributed by atoms with van der Waals surface area (Å²) in [5, 5.41) is 18.5. The van der Waals surface area contributed by atoms with Gasteiger partial charge in [0.25, 0.3) is 0 Å². The molecule has 5 heteroatoms. The average molecular weight is 360 g/mol. The maximum absolute atomic E-state index is 13.6. The van der Waals surface area contributed by atoms with E-state index >= 15 is 0 Å². The van der Waals surface area contributed by atoms with E-state index in [4.69, 9.17) is 5.11 Å². The molecule has 134 valence electrons. The number of nitriles is 1. The first kappa shape index (κ1) is 18.2. The Bertz CT molecular complexity index is 1090. The van der Waals surface area contributed by atoms with Gasteiger partial charge in [0.15, 0.2) is 0 Å². The molecule has 0 amide bonds. The number of hydrogen-bond donors (Lipinski definition) is 1. The van der Waals surface area contributed by atoms with Crippen molar-refractivity contribution in [2.45, 2.75) is 13.8 Å². The first-order chi connectivity index (χ1) is 12.9. The van der Waals surface area contributed by atoms with Crippen molar-refractivity contribution in [1.29, 1.82) is 5.26 Å². The van der Waals surface area contributed by atoms with Gasteiger partial charge in [-0.05, 0) is 67.4 Å². The van der Waals surface area contributed by atoms with Gasteiger partial charge in [-0.2, -0.15) is 5.26 Å². The predicted molar refractivity (Wildman–Crippen MR) is 102 cm³/mol. The fraction of sp³-hybridized carbons (Fsp3) is 0.0909. The van der Waals surface area contributed by atoms with Crippen molar-refractivity contribution in [1.82, 2.24) is 4.57 Å². The monoisotopic (exact) mass is 360 g/mol. The number of carboxylic acid groups (broad SMARTS) is 1. The molecule has 0 aliphatic carbocycles. The van der Waals surface area contributed by atoms with Crippen LogP contribution in [0.2, 0.25) is 0 Å². The van der Waals surface area contributed by atoms with Crippen molar-refractivity contribution in [3.8, 4) is 11.8 Å². The van der Waals surface area contributed by atoms with E-state index in [1.165, 1.54) is 24.3 Å². The Hall–Kier alpha value is -3.65. The molecule has 0 aliphatic rings. The Morgan fingerprint density at radius 3 is 2.37 bits per heavy atom. The number of aromatic nitrogens is 1. The van der Waals surface area contributed by atoms with Gasteiger partial charge in [0.1, 0.15) is 5.82 Å². The van der Waals surface area contributed by atoms with Crippen LogP contribution in [-0.2, 0) is 0 Å². The van der Waals surface area contributed by atoms with Crippen LogP contribution < -0.4 is 0 Å². The Labute approximate surface area is 156 Å². The topological polar surface area (TPSA) is 66.0 Å². The van der Waals surface area contributed by atoms with E-state index in [0.29, 0.717) is 16.8 Å². The summed E-state index contributed by atoms with van der Waals surface area (Å²) < 4.78 is 15.5. The molecular weight excluding hydrogens is 343 g/mol. The normalized spacial score (nSPS) is 11.3. The summed E-state index contributed by atoms with van der Waals surface area (Å²) in [4.78, 5) is 11.0. The molecule has 2 aromatic carbocycles. The van der Waals surface area contributed by atoms with Gasteiger partial charge < -0.3 is 9.67 Å². The lowest BCUT2D eigenvalue weighted by atomic mass is 10.0. The summed E-state index contributed by atoms with van der Waals surface area (Å²) in [6, 6.07) is 16.6. The molecule has 1 heterocycles. The molecule has 0 fully saturated rings. The SMILES string of the molecule is Cc1cc(/C=C(/C#N)c2ccc(C(=O)O)cc2)c(C)n1-c1cccc(F)c1. The molecule has 1 aromatic heterocycles. The maximum Gasteiger partial charge on any atom is 0.335 e. The highest BCUT2D eigenvalue weighted by atomic mass is 19.1. The highest BCUT2D eigenvalue weighted by molar-refractivity contribution is 5.92. The molecule has 0 aliphatic heterocycles. The number of halogens is 1. The van der Waals surface area contributed by atoms with Gasteiger partial charge in [0.2, 0.25) is 0 Å². The molecular formula is C22H17FN2O2. The summed E-state index contributed by atoms with van der Waals surface area (Å²) in [5.41, 5.74) is 4.59. The van der Waals surface area contributed by atoms with E-state index in [0.717, 1.165) is 17.0 Å². The van der Waals surface area contributed by atoms with Crippen molar-refractivity contribution in [2.75, 3.05) is 0 Å². The third-order valence-corrected chi connectivity index (χ3v) is 4.40. The summed E-state index contributed by atoms with van der Waals surface area (Å²) in [6.45, 7) is 3.83. The summed E-state index contributed by atoms with van der Waals surface area (Å²) in [7, 11) is 0. The fourth-order valence-corrected chi connectivity index (χ4v) is 3.07. The fourth-order valence-electron chi connectivity index (χ4n) is 3.07. The first-order valence-electron chi connectivity index (χ1n) is 8.31. The number of aromatic carboxylic acids is 1. The second-order valence-corrected chi connectivity index (χ2v) is 6.19. The van der Waals surface area contributed by atoms with Crippen LogP contribution in [-0.4, -0.2) is 15.6 Å². The van der Waals surface area contributed by atoms with Crippen molar-refractivity contribution in [2.24, 2.45) is 0 Å². The van der Waals surface area contributed by atoms with Gasteiger partial charge >= 0.3 is 5.97 Å². The van der Waals surface area contributed by atoms with Crippen LogP contribution in [0.25, 0.3) is 17.3 Å². The maximum atomic E-state index is 13.6. The number of carboxylic acids is 1. The van der Waals surface area contributed by atoms with Crippen molar-refractivity contribution in [3.63, 3.8) is 0 Å². The van der Waals surface area contributed by atoms with E-state index in [9.17, 15) is 14.4 Å². The largest absolute Gasteiger partial charge is 0.478 e. The molecule has 27 heavy (non-hydrogen) atoms. The molecule has 0 spiro atoms. The highest BCUT2D eigenvalue weighted by Crippen LogP contribution is 2.25. The van der Waals surface area contributed by atoms with E-state index in [1.807, 2.05) is 30.5 Å². The Morgan fingerprint density at radius 1 is 1.11 bits per heavy atom. The van der Waals surface area contributed by atoms with Crippen LogP contribution in [0.4, 0.5) is 4.39 Å². The number of nitrogens with zero attached hydrogens (tertiary/aromatic N) is 2. The summed E-state index contributed by atoms with van der Waals surface area (Å²) in [5.74, 6) is -1.32. The average Bonchev–Trinajstić information content (AvgIpc) is 2.93. The number of aryl methyl sites for hydroxylation is 1. The lowest BCUT2D eigenvalue weighted by molar-refractivity contribution is 0.0697. The van der Waals surface area contributed by atoms with Gasteiger partial charge in [0.05, 0.1) is 17.2 Å². The highest BCUT2D eigenvalue weighted by Gasteiger charge is 2.12. The predicted octanol–water partition coefficient (Wildman–Crippen LogP) is 5.00. The van der Waals surface area contributed by atoms with Crippen LogP contribution >= 0.6 is 0 Å². The van der Waals surface area contributed by atoms with Gasteiger partial charge in [0, 0.05) is 17.1 Å². The molecule has 0 unspecified atom stereocenters. The number of rotatable bonds is 4. The molecule has 0 radical (unpaired) electrons. The zero-order valence-corrected chi connectivity index (χ0v) is 14.9. The Kier molecular flexibility index (Phi) is 4.91. The van der Waals surface area contributed by atoms with Gasteiger partial charge in [-0.25, -0.2) is 9.18 Å². The summed E-state index contributed by atoms with van der Waals surface area (Å²) >= 11 is 0. The molecule has 3 rings (SSSR count). The Morgan fingerprint density at radius 2 is 1.78 bits per heavy atom.